The maximum absolute atomic E-state index is 9.18. The molecular weight excluding hydrogens is 282 g/mol. The lowest BCUT2D eigenvalue weighted by atomic mass is 10.2. The minimum absolute atomic E-state index is 0.413. The summed E-state index contributed by atoms with van der Waals surface area (Å²) in [7, 11) is 1.65. The Morgan fingerprint density at radius 2 is 2.00 bits per heavy atom. The third kappa shape index (κ3) is 2.54. The van der Waals surface area contributed by atoms with E-state index in [1.807, 2.05) is 42.5 Å². The standard InChI is InChI=1S/C16H13N3OS/c1-20-10-3-2-4-11(7-10)21-12-5-6-15-13(8-12)14(9-17)16(18)19-15/h2-8,19H,18H2,1H3. The molecule has 0 aliphatic carbocycles. The van der Waals surface area contributed by atoms with Crippen LogP contribution in [-0.4, -0.2) is 12.1 Å². The van der Waals surface area contributed by atoms with Gasteiger partial charge in [0.05, 0.1) is 7.11 Å². The number of rotatable bonds is 3. The fourth-order valence-electron chi connectivity index (χ4n) is 2.18. The summed E-state index contributed by atoms with van der Waals surface area (Å²) < 4.78 is 5.22. The predicted molar refractivity (Wildman–Crippen MR) is 84.5 cm³/mol. The van der Waals surface area contributed by atoms with Gasteiger partial charge in [0, 0.05) is 20.7 Å². The summed E-state index contributed by atoms with van der Waals surface area (Å²) in [5, 5.41) is 10.0. The number of anilines is 1. The van der Waals surface area contributed by atoms with Crippen molar-refractivity contribution in [3.05, 3.63) is 48.0 Å². The van der Waals surface area contributed by atoms with Crippen molar-refractivity contribution in [1.82, 2.24) is 4.98 Å². The summed E-state index contributed by atoms with van der Waals surface area (Å²) in [6.45, 7) is 0. The van der Waals surface area contributed by atoms with Crippen LogP contribution in [0.15, 0.2) is 52.3 Å². The number of H-pyrrole nitrogens is 1. The minimum Gasteiger partial charge on any atom is -0.497 e. The van der Waals surface area contributed by atoms with Crippen LogP contribution in [-0.2, 0) is 0 Å². The van der Waals surface area contributed by atoms with Crippen molar-refractivity contribution in [3.8, 4) is 11.8 Å². The molecule has 0 aliphatic rings. The molecule has 0 spiro atoms. The molecule has 1 heterocycles. The number of aromatic amines is 1. The number of hydrogen-bond donors (Lipinski definition) is 2. The van der Waals surface area contributed by atoms with E-state index in [9.17, 15) is 5.26 Å². The van der Waals surface area contributed by atoms with E-state index >= 15 is 0 Å². The molecule has 3 rings (SSSR count). The maximum atomic E-state index is 9.18. The first kappa shape index (κ1) is 13.4. The summed E-state index contributed by atoms with van der Waals surface area (Å²) in [6, 6.07) is 15.9. The molecular formula is C16H13N3OS. The molecule has 1 aromatic heterocycles. The maximum Gasteiger partial charge on any atom is 0.119 e. The second-order valence-corrected chi connectivity index (χ2v) is 5.66. The lowest BCUT2D eigenvalue weighted by molar-refractivity contribution is 0.413. The summed E-state index contributed by atoms with van der Waals surface area (Å²) in [5.74, 6) is 1.24. The van der Waals surface area contributed by atoms with Crippen LogP contribution in [0.3, 0.4) is 0 Å². The van der Waals surface area contributed by atoms with Gasteiger partial charge < -0.3 is 15.5 Å². The number of benzene rings is 2. The van der Waals surface area contributed by atoms with Gasteiger partial charge in [0.1, 0.15) is 23.2 Å². The number of nitrogens with two attached hydrogens (primary N) is 1. The van der Waals surface area contributed by atoms with Gasteiger partial charge in [-0.15, -0.1) is 0 Å². The molecule has 3 aromatic rings. The number of fused-ring (bicyclic) bond motifs is 1. The Balaban J connectivity index is 1.99. The molecule has 21 heavy (non-hydrogen) atoms. The van der Waals surface area contributed by atoms with Gasteiger partial charge in [-0.05, 0) is 36.4 Å². The predicted octanol–water partition coefficient (Wildman–Crippen LogP) is 3.78. The van der Waals surface area contributed by atoms with Gasteiger partial charge in [-0.25, -0.2) is 0 Å². The van der Waals surface area contributed by atoms with E-state index in [0.29, 0.717) is 11.4 Å². The molecule has 2 aromatic carbocycles. The molecule has 3 N–H and O–H groups in total. The first-order valence-corrected chi connectivity index (χ1v) is 7.16. The van der Waals surface area contributed by atoms with Crippen molar-refractivity contribution >= 4 is 28.5 Å². The molecule has 104 valence electrons. The first-order valence-electron chi connectivity index (χ1n) is 6.34. The van der Waals surface area contributed by atoms with Gasteiger partial charge in [-0.3, -0.25) is 0 Å². The van der Waals surface area contributed by atoms with Crippen LogP contribution in [0.5, 0.6) is 5.75 Å². The second kappa shape index (κ2) is 5.43. The molecule has 0 aliphatic heterocycles. The highest BCUT2D eigenvalue weighted by atomic mass is 32.2. The number of nitrogens with one attached hydrogen (secondary N) is 1. The van der Waals surface area contributed by atoms with Crippen molar-refractivity contribution in [3.63, 3.8) is 0 Å². The van der Waals surface area contributed by atoms with Gasteiger partial charge in [0.2, 0.25) is 0 Å². The summed E-state index contributed by atoms with van der Waals surface area (Å²) in [6.07, 6.45) is 0. The highest BCUT2D eigenvalue weighted by Gasteiger charge is 2.09. The normalized spacial score (nSPS) is 10.5. The molecule has 0 fully saturated rings. The van der Waals surface area contributed by atoms with Crippen LogP contribution in [0.4, 0.5) is 5.82 Å². The van der Waals surface area contributed by atoms with Crippen molar-refractivity contribution in [2.75, 3.05) is 12.8 Å². The van der Waals surface area contributed by atoms with Gasteiger partial charge >= 0.3 is 0 Å². The van der Waals surface area contributed by atoms with E-state index in [1.54, 1.807) is 18.9 Å². The SMILES string of the molecule is COc1cccc(Sc2ccc3[nH]c(N)c(C#N)c3c2)c1. The first-order chi connectivity index (χ1) is 10.2. The van der Waals surface area contributed by atoms with Crippen molar-refractivity contribution in [1.29, 1.82) is 5.26 Å². The Labute approximate surface area is 126 Å². The van der Waals surface area contributed by atoms with Gasteiger partial charge in [0.15, 0.2) is 0 Å². The molecule has 0 radical (unpaired) electrons. The van der Waals surface area contributed by atoms with Crippen molar-refractivity contribution in [2.24, 2.45) is 0 Å². The van der Waals surface area contributed by atoms with E-state index in [2.05, 4.69) is 11.1 Å². The Morgan fingerprint density at radius 1 is 1.19 bits per heavy atom. The summed E-state index contributed by atoms with van der Waals surface area (Å²) in [5.41, 5.74) is 7.18. The third-order valence-electron chi connectivity index (χ3n) is 3.19. The lowest BCUT2D eigenvalue weighted by Crippen LogP contribution is -1.86. The number of nitrogens with zero attached hydrogens (tertiary/aromatic N) is 1. The molecule has 0 atom stereocenters. The average molecular weight is 295 g/mol. The minimum atomic E-state index is 0.413. The van der Waals surface area contributed by atoms with Gasteiger partial charge in [-0.1, -0.05) is 17.8 Å². The molecule has 0 bridgehead atoms. The quantitative estimate of drug-likeness (QED) is 0.771. The highest BCUT2D eigenvalue weighted by molar-refractivity contribution is 7.99. The zero-order chi connectivity index (χ0) is 14.8. The van der Waals surface area contributed by atoms with Crippen molar-refractivity contribution < 1.29 is 4.74 Å². The smallest absolute Gasteiger partial charge is 0.119 e. The summed E-state index contributed by atoms with van der Waals surface area (Å²) >= 11 is 1.62. The van der Waals surface area contributed by atoms with Crippen molar-refractivity contribution in [2.45, 2.75) is 9.79 Å². The zero-order valence-corrected chi connectivity index (χ0v) is 12.2. The van der Waals surface area contributed by atoms with E-state index in [4.69, 9.17) is 10.5 Å². The Bertz CT molecular complexity index is 848. The Kier molecular flexibility index (Phi) is 3.46. The molecule has 0 unspecified atom stereocenters. The lowest BCUT2D eigenvalue weighted by Gasteiger charge is -2.04. The fourth-order valence-corrected chi connectivity index (χ4v) is 3.08. The number of nitriles is 1. The third-order valence-corrected chi connectivity index (χ3v) is 4.17. The van der Waals surface area contributed by atoms with Crippen LogP contribution < -0.4 is 10.5 Å². The van der Waals surface area contributed by atoms with Crippen LogP contribution in [0.1, 0.15) is 5.56 Å². The topological polar surface area (TPSA) is 74.8 Å². The number of aromatic nitrogens is 1. The molecule has 5 heteroatoms. The van der Waals surface area contributed by atoms with Crippen LogP contribution >= 0.6 is 11.8 Å². The van der Waals surface area contributed by atoms with Crippen LogP contribution in [0.2, 0.25) is 0 Å². The van der Waals surface area contributed by atoms with Gasteiger partial charge in [-0.2, -0.15) is 5.26 Å². The van der Waals surface area contributed by atoms with E-state index in [-0.39, 0.29) is 0 Å². The second-order valence-electron chi connectivity index (χ2n) is 4.51. The molecule has 0 saturated heterocycles. The van der Waals surface area contributed by atoms with E-state index in [0.717, 1.165) is 26.4 Å². The summed E-state index contributed by atoms with van der Waals surface area (Å²) in [4.78, 5) is 5.14. The Hall–Kier alpha value is -2.58. The number of nitrogen functional groups attached to an aromatic ring is 1. The average Bonchev–Trinajstić information content (AvgIpc) is 2.82. The Morgan fingerprint density at radius 3 is 2.76 bits per heavy atom. The van der Waals surface area contributed by atoms with E-state index < -0.39 is 0 Å². The number of ether oxygens (including phenoxy) is 1. The van der Waals surface area contributed by atoms with E-state index in [1.165, 1.54) is 0 Å². The zero-order valence-electron chi connectivity index (χ0n) is 11.4. The van der Waals surface area contributed by atoms with Crippen LogP contribution in [0, 0.1) is 11.3 Å². The monoisotopic (exact) mass is 295 g/mol. The fraction of sp³-hybridized carbons (Fsp3) is 0.0625. The number of methoxy groups -OCH3 is 1. The largest absolute Gasteiger partial charge is 0.497 e. The molecule has 0 amide bonds. The number of hydrogen-bond acceptors (Lipinski definition) is 4. The molecule has 4 nitrogen and oxygen atoms in total. The highest BCUT2D eigenvalue weighted by Crippen LogP contribution is 2.33. The molecule has 0 saturated carbocycles. The van der Waals surface area contributed by atoms with Crippen LogP contribution in [0.25, 0.3) is 10.9 Å². The van der Waals surface area contributed by atoms with Gasteiger partial charge in [0.25, 0.3) is 0 Å².